The highest BCUT2D eigenvalue weighted by molar-refractivity contribution is 5.94. The fourth-order valence-corrected chi connectivity index (χ4v) is 3.94. The van der Waals surface area contributed by atoms with Crippen molar-refractivity contribution in [1.29, 1.82) is 0 Å². The minimum absolute atomic E-state index is 0.00263. The first-order valence-corrected chi connectivity index (χ1v) is 10.2. The van der Waals surface area contributed by atoms with Crippen molar-refractivity contribution in [1.82, 2.24) is 0 Å². The maximum Gasteiger partial charge on any atom is 0.338 e. The molecule has 10 heteroatoms. The number of hydrogen-bond acceptors (Lipinski definition) is 10. The lowest BCUT2D eigenvalue weighted by Crippen LogP contribution is -2.39. The molecule has 0 aromatic heterocycles. The second-order valence-electron chi connectivity index (χ2n) is 8.37. The lowest BCUT2D eigenvalue weighted by Gasteiger charge is -2.28. The molecular formula is C22H26O10. The van der Waals surface area contributed by atoms with Crippen molar-refractivity contribution in [3.63, 3.8) is 0 Å². The monoisotopic (exact) mass is 450 g/mol. The largest absolute Gasteiger partial charge is 0.461 e. The summed E-state index contributed by atoms with van der Waals surface area (Å²) in [6.45, 7) is 8.72. The summed E-state index contributed by atoms with van der Waals surface area (Å²) < 4.78 is 27.2. The minimum Gasteiger partial charge on any atom is -0.461 e. The van der Waals surface area contributed by atoms with Gasteiger partial charge >= 0.3 is 23.9 Å². The van der Waals surface area contributed by atoms with Gasteiger partial charge in [0.05, 0.1) is 11.2 Å². The molecule has 5 atom stereocenters. The number of carbonyl (C=O) groups is 5. The molecule has 3 aliphatic rings. The molecule has 0 unspecified atom stereocenters. The number of carbonyl (C=O) groups excluding carboxylic acids is 5. The molecule has 2 heterocycles. The lowest BCUT2D eigenvalue weighted by atomic mass is 9.85. The van der Waals surface area contributed by atoms with Crippen molar-refractivity contribution in [3.05, 3.63) is 23.3 Å². The topological polar surface area (TPSA) is 135 Å². The molecule has 2 fully saturated rings. The number of ether oxygens (including phenoxy) is 5. The molecule has 0 N–H and O–H groups in total. The number of ketones is 1. The molecular weight excluding hydrogens is 424 g/mol. The number of Topliss-reactive ketones (excluding diaryl/α,β-unsaturated/α-hetero) is 1. The Balaban J connectivity index is 2.09. The molecule has 1 saturated heterocycles. The summed E-state index contributed by atoms with van der Waals surface area (Å²) in [6.07, 6.45) is -3.72. The Kier molecular flexibility index (Phi) is 6.54. The third-order valence-corrected chi connectivity index (χ3v) is 5.68. The first-order valence-electron chi connectivity index (χ1n) is 10.2. The molecule has 0 spiro atoms. The zero-order valence-corrected chi connectivity index (χ0v) is 18.4. The maximum absolute atomic E-state index is 12.8. The SMILES string of the molecule is C=C(C)C(=O)O[C@@H]1C[C@@H](OC(C)=O)C(=O)CC[C@]2(C)O[C@H]2[C@@H]2OC(=O)C(COC(C)=O)=C21. The Bertz CT molecular complexity index is 916. The smallest absolute Gasteiger partial charge is 0.338 e. The van der Waals surface area contributed by atoms with Gasteiger partial charge in [0.1, 0.15) is 18.8 Å². The van der Waals surface area contributed by atoms with E-state index in [4.69, 9.17) is 23.7 Å². The standard InChI is InChI=1S/C22H26O10/c1-10(2)20(26)30-16-8-15(29-12(4)24)14(25)6-7-22(5)19(32-22)18-17(16)13(21(27)31-18)9-28-11(3)23/h15-16,18-19H,1,6-9H2,2-5H3/t15-,16-,18-,19+,22+/m1/s1. The number of fused-ring (bicyclic) bond motifs is 3. The first kappa shape index (κ1) is 23.6. The molecule has 1 saturated carbocycles. The van der Waals surface area contributed by atoms with Crippen LogP contribution in [0.5, 0.6) is 0 Å². The third kappa shape index (κ3) is 4.90. The Morgan fingerprint density at radius 1 is 1.09 bits per heavy atom. The van der Waals surface area contributed by atoms with Gasteiger partial charge in [0.2, 0.25) is 0 Å². The summed E-state index contributed by atoms with van der Waals surface area (Å²) in [5.41, 5.74) is -0.443. The van der Waals surface area contributed by atoms with E-state index >= 15 is 0 Å². The normalized spacial score (nSPS) is 31.6. The molecule has 0 radical (unpaired) electrons. The van der Waals surface area contributed by atoms with Gasteiger partial charge in [-0.2, -0.15) is 0 Å². The summed E-state index contributed by atoms with van der Waals surface area (Å²) in [6, 6.07) is 0. The Morgan fingerprint density at radius 2 is 1.78 bits per heavy atom. The summed E-state index contributed by atoms with van der Waals surface area (Å²) >= 11 is 0. The molecule has 0 aromatic rings. The second-order valence-corrected chi connectivity index (χ2v) is 8.37. The van der Waals surface area contributed by atoms with Gasteiger partial charge in [0.25, 0.3) is 0 Å². The van der Waals surface area contributed by atoms with E-state index in [-0.39, 0.29) is 35.3 Å². The van der Waals surface area contributed by atoms with Crippen LogP contribution in [-0.2, 0) is 47.7 Å². The van der Waals surface area contributed by atoms with Gasteiger partial charge < -0.3 is 23.7 Å². The fourth-order valence-electron chi connectivity index (χ4n) is 3.94. The van der Waals surface area contributed by atoms with E-state index in [0.29, 0.717) is 6.42 Å². The van der Waals surface area contributed by atoms with Gasteiger partial charge in [0, 0.05) is 37.8 Å². The zero-order valence-electron chi connectivity index (χ0n) is 18.4. The first-order chi connectivity index (χ1) is 14.9. The lowest BCUT2D eigenvalue weighted by molar-refractivity contribution is -0.157. The third-order valence-electron chi connectivity index (χ3n) is 5.68. The van der Waals surface area contributed by atoms with Crippen LogP contribution in [0.25, 0.3) is 0 Å². The predicted molar refractivity (Wildman–Crippen MR) is 106 cm³/mol. The van der Waals surface area contributed by atoms with Crippen LogP contribution < -0.4 is 0 Å². The van der Waals surface area contributed by atoms with E-state index in [1.165, 1.54) is 20.8 Å². The van der Waals surface area contributed by atoms with Gasteiger partial charge in [0.15, 0.2) is 18.0 Å². The highest BCUT2D eigenvalue weighted by Gasteiger charge is 2.62. The van der Waals surface area contributed by atoms with E-state index in [1.807, 2.05) is 0 Å². The van der Waals surface area contributed by atoms with Gasteiger partial charge in [-0.15, -0.1) is 0 Å². The zero-order chi connectivity index (χ0) is 23.8. The van der Waals surface area contributed by atoms with Crippen LogP contribution in [0.3, 0.4) is 0 Å². The quantitative estimate of drug-likeness (QED) is 0.259. The highest BCUT2D eigenvalue weighted by atomic mass is 16.7. The maximum atomic E-state index is 12.8. The van der Waals surface area contributed by atoms with Crippen molar-refractivity contribution < 1.29 is 47.7 Å². The molecule has 0 aromatic carbocycles. The fraction of sp³-hybridized carbons (Fsp3) is 0.591. The molecule has 2 aliphatic heterocycles. The van der Waals surface area contributed by atoms with Crippen molar-refractivity contribution >= 4 is 29.7 Å². The molecule has 174 valence electrons. The van der Waals surface area contributed by atoms with E-state index in [1.54, 1.807) is 6.92 Å². The number of hydrogen-bond donors (Lipinski definition) is 0. The van der Waals surface area contributed by atoms with E-state index in [9.17, 15) is 24.0 Å². The second kappa shape index (κ2) is 8.85. The molecule has 32 heavy (non-hydrogen) atoms. The van der Waals surface area contributed by atoms with E-state index < -0.39 is 60.5 Å². The Morgan fingerprint density at radius 3 is 2.38 bits per heavy atom. The summed E-state index contributed by atoms with van der Waals surface area (Å²) in [5.74, 6) is -3.17. The molecule has 1 aliphatic carbocycles. The highest BCUT2D eigenvalue weighted by Crippen LogP contribution is 2.49. The van der Waals surface area contributed by atoms with Crippen LogP contribution in [0.2, 0.25) is 0 Å². The van der Waals surface area contributed by atoms with Gasteiger partial charge in [-0.25, -0.2) is 9.59 Å². The van der Waals surface area contributed by atoms with Crippen LogP contribution in [0, 0.1) is 0 Å². The minimum atomic E-state index is -1.21. The molecule has 10 nitrogen and oxygen atoms in total. The van der Waals surface area contributed by atoms with E-state index in [0.717, 1.165) is 0 Å². The average Bonchev–Trinajstić information content (AvgIpc) is 3.25. The molecule has 0 bridgehead atoms. The Labute approximate surface area is 184 Å². The Hall–Kier alpha value is -3.01. The van der Waals surface area contributed by atoms with Crippen molar-refractivity contribution in [3.8, 4) is 0 Å². The predicted octanol–water partition coefficient (Wildman–Crippen LogP) is 1.10. The average molecular weight is 450 g/mol. The van der Waals surface area contributed by atoms with Gasteiger partial charge in [-0.05, 0) is 20.3 Å². The summed E-state index contributed by atoms with van der Waals surface area (Å²) in [5, 5.41) is 0. The number of rotatable bonds is 5. The molecule has 3 rings (SSSR count). The van der Waals surface area contributed by atoms with Crippen LogP contribution in [-0.4, -0.2) is 66.3 Å². The van der Waals surface area contributed by atoms with Crippen molar-refractivity contribution in [2.24, 2.45) is 0 Å². The van der Waals surface area contributed by atoms with Crippen LogP contribution in [0.15, 0.2) is 23.3 Å². The van der Waals surface area contributed by atoms with Crippen molar-refractivity contribution in [2.45, 2.75) is 77.0 Å². The summed E-state index contributed by atoms with van der Waals surface area (Å²) in [7, 11) is 0. The number of esters is 4. The van der Waals surface area contributed by atoms with Gasteiger partial charge in [-0.1, -0.05) is 6.58 Å². The summed E-state index contributed by atoms with van der Waals surface area (Å²) in [4.78, 5) is 60.9. The van der Waals surface area contributed by atoms with Crippen LogP contribution >= 0.6 is 0 Å². The number of epoxide rings is 1. The van der Waals surface area contributed by atoms with Crippen LogP contribution in [0.1, 0.15) is 47.0 Å². The van der Waals surface area contributed by atoms with E-state index in [2.05, 4.69) is 6.58 Å². The van der Waals surface area contributed by atoms with Gasteiger partial charge in [-0.3, -0.25) is 14.4 Å². The van der Waals surface area contributed by atoms with Crippen LogP contribution in [0.4, 0.5) is 0 Å². The molecule has 0 amide bonds. The van der Waals surface area contributed by atoms with Crippen molar-refractivity contribution in [2.75, 3.05) is 6.61 Å².